The number of nitrogens with one attached hydrogen (secondary N) is 1. The quantitative estimate of drug-likeness (QED) is 0.465. The van der Waals surface area contributed by atoms with Gasteiger partial charge in [0.25, 0.3) is 15.9 Å². The van der Waals surface area contributed by atoms with Crippen LogP contribution in [0.1, 0.15) is 61.6 Å². The van der Waals surface area contributed by atoms with Gasteiger partial charge in [-0.1, -0.05) is 57.2 Å². The highest BCUT2D eigenvalue weighted by molar-refractivity contribution is 7.92. The maximum atomic E-state index is 13.8. The molecule has 0 spiro atoms. The Morgan fingerprint density at radius 2 is 1.62 bits per heavy atom. The first-order valence-electron chi connectivity index (χ1n) is 12.6. The molecule has 7 heteroatoms. The van der Waals surface area contributed by atoms with Gasteiger partial charge in [-0.3, -0.25) is 9.10 Å². The van der Waals surface area contributed by atoms with Crippen molar-refractivity contribution in [2.45, 2.75) is 70.9 Å². The molecule has 1 aliphatic rings. The molecule has 0 saturated heterocycles. The number of sulfonamides is 1. The second-order valence-electron chi connectivity index (χ2n) is 10.9. The monoisotopic (exact) mass is 520 g/mol. The van der Waals surface area contributed by atoms with Crippen LogP contribution in [0.25, 0.3) is 0 Å². The maximum Gasteiger partial charge on any atom is 0.264 e. The van der Waals surface area contributed by atoms with Crippen LogP contribution in [0.15, 0.2) is 65.6 Å². The molecular formula is C30H36N2O4S. The number of hydrogen-bond donors (Lipinski definition) is 1. The van der Waals surface area contributed by atoms with Gasteiger partial charge in [-0.15, -0.1) is 0 Å². The summed E-state index contributed by atoms with van der Waals surface area (Å²) >= 11 is 0. The lowest BCUT2D eigenvalue weighted by atomic mass is 9.86. The van der Waals surface area contributed by atoms with Crippen LogP contribution in [-0.2, 0) is 20.2 Å². The number of carbonyl (C=O) groups is 1. The van der Waals surface area contributed by atoms with Crippen LogP contribution in [0.5, 0.6) is 5.75 Å². The fourth-order valence-electron chi connectivity index (χ4n) is 4.64. The van der Waals surface area contributed by atoms with E-state index in [1.54, 1.807) is 36.4 Å². The molecule has 1 heterocycles. The van der Waals surface area contributed by atoms with E-state index in [0.29, 0.717) is 11.4 Å². The molecule has 4 rings (SSSR count). The van der Waals surface area contributed by atoms with E-state index in [0.717, 1.165) is 22.3 Å². The molecule has 0 unspecified atom stereocenters. The summed E-state index contributed by atoms with van der Waals surface area (Å²) in [7, 11) is -3.93. The van der Waals surface area contributed by atoms with E-state index < -0.39 is 16.1 Å². The molecule has 1 aliphatic heterocycles. The fraction of sp³-hybridized carbons (Fsp3) is 0.367. The predicted octanol–water partition coefficient (Wildman–Crippen LogP) is 5.74. The number of benzene rings is 3. The molecule has 0 aromatic heterocycles. The largest absolute Gasteiger partial charge is 0.476 e. The van der Waals surface area contributed by atoms with Crippen molar-refractivity contribution >= 4 is 21.6 Å². The van der Waals surface area contributed by atoms with E-state index in [2.05, 4.69) is 45.1 Å². The van der Waals surface area contributed by atoms with Gasteiger partial charge in [0.1, 0.15) is 5.75 Å². The summed E-state index contributed by atoms with van der Waals surface area (Å²) in [6.07, 6.45) is -0.999. The Hall–Kier alpha value is -3.32. The average Bonchev–Trinajstić information content (AvgIpc) is 2.85. The van der Waals surface area contributed by atoms with Crippen LogP contribution >= 0.6 is 0 Å². The van der Waals surface area contributed by atoms with Crippen molar-refractivity contribution in [1.82, 2.24) is 5.32 Å². The molecule has 2 atom stereocenters. The van der Waals surface area contributed by atoms with Crippen LogP contribution in [0.4, 0.5) is 5.69 Å². The number of carbonyl (C=O) groups excluding carboxylic acids is 1. The normalized spacial score (nSPS) is 16.5. The number of anilines is 1. The highest BCUT2D eigenvalue weighted by Crippen LogP contribution is 2.40. The molecule has 0 radical (unpaired) electrons. The summed E-state index contributed by atoms with van der Waals surface area (Å²) in [6, 6.07) is 17.8. The molecule has 0 fully saturated rings. The third-order valence-corrected chi connectivity index (χ3v) is 8.82. The molecule has 6 nitrogen and oxygen atoms in total. The van der Waals surface area contributed by atoms with Crippen molar-refractivity contribution in [1.29, 1.82) is 0 Å². The van der Waals surface area contributed by atoms with Crippen molar-refractivity contribution in [3.8, 4) is 5.75 Å². The standard InChI is InChI=1S/C30H36N2O4S/c1-19-15-21(3)25(16-20(19)2)22(4)31-29(33)28-18-32(37(34,35)24-11-9-8-10-12-24)26-17-23(30(5,6)7)13-14-27(26)36-28/h8-17,22,28H,18H2,1-7H3,(H,31,33)/t22-,28+/m0/s1. The summed E-state index contributed by atoms with van der Waals surface area (Å²) in [6.45, 7) is 14.2. The Labute approximate surface area is 220 Å². The minimum absolute atomic E-state index is 0.123. The summed E-state index contributed by atoms with van der Waals surface area (Å²) in [5.41, 5.74) is 5.70. The molecule has 0 saturated carbocycles. The lowest BCUT2D eigenvalue weighted by molar-refractivity contribution is -0.128. The third kappa shape index (κ3) is 5.37. The van der Waals surface area contributed by atoms with Crippen LogP contribution in [0, 0.1) is 20.8 Å². The van der Waals surface area contributed by atoms with Crippen molar-refractivity contribution in [3.63, 3.8) is 0 Å². The second-order valence-corrected chi connectivity index (χ2v) is 12.8. The van der Waals surface area contributed by atoms with Gasteiger partial charge in [0.2, 0.25) is 0 Å². The van der Waals surface area contributed by atoms with E-state index >= 15 is 0 Å². The zero-order valence-electron chi connectivity index (χ0n) is 22.6. The Bertz CT molecular complexity index is 1430. The number of fused-ring (bicyclic) bond motifs is 1. The zero-order chi connectivity index (χ0) is 27.1. The van der Waals surface area contributed by atoms with E-state index in [1.165, 1.54) is 9.87 Å². The van der Waals surface area contributed by atoms with Crippen molar-refractivity contribution in [2.75, 3.05) is 10.8 Å². The van der Waals surface area contributed by atoms with Crippen LogP contribution in [-0.4, -0.2) is 27.0 Å². The molecule has 1 N–H and O–H groups in total. The Balaban J connectivity index is 1.69. The molecular weight excluding hydrogens is 484 g/mol. The second kappa shape index (κ2) is 9.86. The molecule has 37 heavy (non-hydrogen) atoms. The summed E-state index contributed by atoms with van der Waals surface area (Å²) < 4.78 is 35.0. The van der Waals surface area contributed by atoms with E-state index in [9.17, 15) is 13.2 Å². The van der Waals surface area contributed by atoms with Crippen molar-refractivity contribution in [2.24, 2.45) is 0 Å². The van der Waals surface area contributed by atoms with Crippen LogP contribution in [0.2, 0.25) is 0 Å². The number of aryl methyl sites for hydroxylation is 3. The van der Waals surface area contributed by atoms with Crippen LogP contribution in [0.3, 0.4) is 0 Å². The zero-order valence-corrected chi connectivity index (χ0v) is 23.4. The maximum absolute atomic E-state index is 13.8. The minimum atomic E-state index is -3.93. The van der Waals surface area contributed by atoms with E-state index in [1.807, 2.05) is 32.9 Å². The number of nitrogens with zero attached hydrogens (tertiary/aromatic N) is 1. The smallest absolute Gasteiger partial charge is 0.264 e. The van der Waals surface area contributed by atoms with Crippen molar-refractivity contribution in [3.05, 3.63) is 88.5 Å². The minimum Gasteiger partial charge on any atom is -0.476 e. The van der Waals surface area contributed by atoms with Gasteiger partial charge in [0.05, 0.1) is 23.2 Å². The van der Waals surface area contributed by atoms with Gasteiger partial charge in [0.15, 0.2) is 6.10 Å². The SMILES string of the molecule is Cc1cc(C)c([C@H](C)NC(=O)[C@H]2CN(S(=O)(=O)c3ccccc3)c3cc(C(C)(C)C)ccc3O2)cc1C. The Morgan fingerprint density at radius 1 is 0.973 bits per heavy atom. The van der Waals surface area contributed by atoms with E-state index in [-0.39, 0.29) is 28.8 Å². The summed E-state index contributed by atoms with van der Waals surface area (Å²) in [5.74, 6) is 0.0119. The van der Waals surface area contributed by atoms with Gasteiger partial charge in [-0.2, -0.15) is 0 Å². The predicted molar refractivity (Wildman–Crippen MR) is 148 cm³/mol. The number of ether oxygens (including phenoxy) is 1. The number of amides is 1. The molecule has 3 aromatic carbocycles. The molecule has 196 valence electrons. The summed E-state index contributed by atoms with van der Waals surface area (Å²) in [4.78, 5) is 13.6. The van der Waals surface area contributed by atoms with Crippen LogP contribution < -0.4 is 14.4 Å². The molecule has 3 aromatic rings. The lowest BCUT2D eigenvalue weighted by Gasteiger charge is -2.36. The number of rotatable bonds is 5. The van der Waals surface area contributed by atoms with Gasteiger partial charge < -0.3 is 10.1 Å². The van der Waals surface area contributed by atoms with Gasteiger partial charge in [0, 0.05) is 0 Å². The highest BCUT2D eigenvalue weighted by atomic mass is 32.2. The topological polar surface area (TPSA) is 75.7 Å². The highest BCUT2D eigenvalue weighted by Gasteiger charge is 2.38. The van der Waals surface area contributed by atoms with Gasteiger partial charge in [-0.25, -0.2) is 8.42 Å². The Kier molecular flexibility index (Phi) is 7.12. The first kappa shape index (κ1) is 26.7. The Morgan fingerprint density at radius 3 is 2.27 bits per heavy atom. The van der Waals surface area contributed by atoms with Crippen molar-refractivity contribution < 1.29 is 17.9 Å². The number of hydrogen-bond acceptors (Lipinski definition) is 4. The fourth-order valence-corrected chi connectivity index (χ4v) is 6.12. The molecule has 0 bridgehead atoms. The summed E-state index contributed by atoms with van der Waals surface area (Å²) in [5, 5.41) is 3.05. The lowest BCUT2D eigenvalue weighted by Crippen LogP contribution is -2.51. The average molecular weight is 521 g/mol. The first-order chi connectivity index (χ1) is 17.3. The van der Waals surface area contributed by atoms with Gasteiger partial charge in [-0.05, 0) is 85.2 Å². The molecule has 0 aliphatic carbocycles. The van der Waals surface area contributed by atoms with Gasteiger partial charge >= 0.3 is 0 Å². The molecule has 1 amide bonds. The first-order valence-corrected chi connectivity index (χ1v) is 14.0. The van der Waals surface area contributed by atoms with E-state index in [4.69, 9.17) is 4.74 Å². The third-order valence-electron chi connectivity index (χ3n) is 7.03.